The van der Waals surface area contributed by atoms with Crippen LogP contribution in [-0.4, -0.2) is 7.11 Å². The Morgan fingerprint density at radius 3 is 2.53 bits per heavy atom. The molecule has 0 aromatic heterocycles. The average molecular weight is 207 g/mol. The zero-order chi connectivity index (χ0) is 11.4. The van der Waals surface area contributed by atoms with Crippen molar-refractivity contribution in [3.63, 3.8) is 0 Å². The molecule has 0 saturated heterocycles. The Bertz CT molecular complexity index is 334. The third kappa shape index (κ3) is 2.51. The zero-order valence-electron chi connectivity index (χ0n) is 10.1. The molecule has 1 rings (SSSR count). The molecule has 0 bridgehead atoms. The Hall–Kier alpha value is -1.02. The lowest BCUT2D eigenvalue weighted by atomic mass is 9.97. The van der Waals surface area contributed by atoms with E-state index < -0.39 is 0 Å². The number of benzene rings is 1. The molecule has 0 aliphatic carbocycles. The van der Waals surface area contributed by atoms with Gasteiger partial charge in [-0.3, -0.25) is 0 Å². The van der Waals surface area contributed by atoms with Crippen LogP contribution in [0, 0.1) is 13.8 Å². The van der Waals surface area contributed by atoms with Crippen LogP contribution in [0.4, 0.5) is 0 Å². The van der Waals surface area contributed by atoms with Crippen LogP contribution in [0.5, 0.6) is 5.75 Å². The van der Waals surface area contributed by atoms with E-state index in [4.69, 9.17) is 10.5 Å². The first-order valence-electron chi connectivity index (χ1n) is 5.51. The molecule has 15 heavy (non-hydrogen) atoms. The molecule has 0 radical (unpaired) electrons. The summed E-state index contributed by atoms with van der Waals surface area (Å²) in [5.74, 6) is 0.955. The van der Waals surface area contributed by atoms with Crippen molar-refractivity contribution in [2.45, 2.75) is 39.7 Å². The lowest BCUT2D eigenvalue weighted by Gasteiger charge is -2.18. The molecule has 2 heteroatoms. The molecule has 1 unspecified atom stereocenters. The van der Waals surface area contributed by atoms with Crippen LogP contribution >= 0.6 is 0 Å². The minimum absolute atomic E-state index is 0.0873. The summed E-state index contributed by atoms with van der Waals surface area (Å²) in [5, 5.41) is 0. The maximum Gasteiger partial charge on any atom is 0.126 e. The van der Waals surface area contributed by atoms with Gasteiger partial charge in [-0.25, -0.2) is 0 Å². The summed E-state index contributed by atoms with van der Waals surface area (Å²) in [6, 6.07) is 4.29. The lowest BCUT2D eigenvalue weighted by molar-refractivity contribution is 0.400. The summed E-state index contributed by atoms with van der Waals surface area (Å²) in [7, 11) is 1.71. The molecule has 2 N–H and O–H groups in total. The van der Waals surface area contributed by atoms with Crippen LogP contribution < -0.4 is 10.5 Å². The highest BCUT2D eigenvalue weighted by molar-refractivity contribution is 5.46. The molecule has 0 aliphatic rings. The number of ether oxygens (including phenoxy) is 1. The summed E-state index contributed by atoms with van der Waals surface area (Å²) in [6.07, 6.45) is 2.09. The lowest BCUT2D eigenvalue weighted by Crippen LogP contribution is -2.12. The zero-order valence-corrected chi connectivity index (χ0v) is 10.1. The van der Waals surface area contributed by atoms with Crippen LogP contribution in [0.1, 0.15) is 42.5 Å². The van der Waals surface area contributed by atoms with Gasteiger partial charge in [-0.2, -0.15) is 0 Å². The van der Waals surface area contributed by atoms with Gasteiger partial charge >= 0.3 is 0 Å². The van der Waals surface area contributed by atoms with Gasteiger partial charge in [-0.05, 0) is 31.4 Å². The summed E-state index contributed by atoms with van der Waals surface area (Å²) >= 11 is 0. The second kappa shape index (κ2) is 5.17. The van der Waals surface area contributed by atoms with E-state index in [-0.39, 0.29) is 6.04 Å². The number of hydrogen-bond donors (Lipinski definition) is 1. The Balaban J connectivity index is 3.12. The Kier molecular flexibility index (Phi) is 4.15. The molecule has 0 heterocycles. The van der Waals surface area contributed by atoms with Crippen LogP contribution in [-0.2, 0) is 0 Å². The number of methoxy groups -OCH3 is 1. The maximum absolute atomic E-state index is 6.12. The second-order valence-electron chi connectivity index (χ2n) is 4.03. The molecule has 0 aliphatic heterocycles. The number of hydrogen-bond acceptors (Lipinski definition) is 2. The van der Waals surface area contributed by atoms with Crippen molar-refractivity contribution >= 4 is 0 Å². The third-order valence-corrected chi connectivity index (χ3v) is 2.91. The number of nitrogens with two attached hydrogens (primary N) is 1. The van der Waals surface area contributed by atoms with Crippen molar-refractivity contribution in [2.24, 2.45) is 5.73 Å². The molecule has 0 amide bonds. The van der Waals surface area contributed by atoms with E-state index in [0.29, 0.717) is 0 Å². The van der Waals surface area contributed by atoms with Gasteiger partial charge in [0.25, 0.3) is 0 Å². The summed E-state index contributed by atoms with van der Waals surface area (Å²) in [6.45, 7) is 6.32. The Labute approximate surface area is 92.4 Å². The molecule has 2 nitrogen and oxygen atoms in total. The monoisotopic (exact) mass is 207 g/mol. The third-order valence-electron chi connectivity index (χ3n) is 2.91. The van der Waals surface area contributed by atoms with Gasteiger partial charge in [0.05, 0.1) is 7.11 Å². The van der Waals surface area contributed by atoms with Gasteiger partial charge < -0.3 is 10.5 Å². The van der Waals surface area contributed by atoms with Gasteiger partial charge in [0, 0.05) is 11.6 Å². The quantitative estimate of drug-likeness (QED) is 0.823. The van der Waals surface area contributed by atoms with Gasteiger partial charge in [-0.15, -0.1) is 0 Å². The highest BCUT2D eigenvalue weighted by Gasteiger charge is 2.13. The number of aryl methyl sites for hydroxylation is 1. The summed E-state index contributed by atoms with van der Waals surface area (Å²) in [5.41, 5.74) is 9.69. The topological polar surface area (TPSA) is 35.2 Å². The van der Waals surface area contributed by atoms with E-state index in [0.717, 1.165) is 24.2 Å². The first-order valence-corrected chi connectivity index (χ1v) is 5.51. The van der Waals surface area contributed by atoms with Crippen molar-refractivity contribution in [3.8, 4) is 5.75 Å². The molecular weight excluding hydrogens is 186 g/mol. The maximum atomic E-state index is 6.12. The van der Waals surface area contributed by atoms with Crippen molar-refractivity contribution < 1.29 is 4.74 Å². The first kappa shape index (κ1) is 12.1. The molecule has 0 spiro atoms. The van der Waals surface area contributed by atoms with E-state index in [2.05, 4.69) is 32.9 Å². The van der Waals surface area contributed by atoms with Gasteiger partial charge in [0.1, 0.15) is 5.75 Å². The van der Waals surface area contributed by atoms with Crippen molar-refractivity contribution in [2.75, 3.05) is 7.11 Å². The molecular formula is C13H21NO. The van der Waals surface area contributed by atoms with Crippen LogP contribution in [0.25, 0.3) is 0 Å². The molecule has 0 saturated carbocycles. The fourth-order valence-electron chi connectivity index (χ4n) is 1.84. The molecule has 1 aromatic carbocycles. The van der Waals surface area contributed by atoms with Crippen molar-refractivity contribution in [1.29, 1.82) is 0 Å². The smallest absolute Gasteiger partial charge is 0.126 e. The highest BCUT2D eigenvalue weighted by Crippen LogP contribution is 2.31. The van der Waals surface area contributed by atoms with Crippen molar-refractivity contribution in [3.05, 3.63) is 28.8 Å². The Morgan fingerprint density at radius 2 is 2.00 bits per heavy atom. The molecule has 84 valence electrons. The predicted octanol–water partition coefficient (Wildman–Crippen LogP) is 3.11. The van der Waals surface area contributed by atoms with Gasteiger partial charge in [0.15, 0.2) is 0 Å². The average Bonchev–Trinajstić information content (AvgIpc) is 2.22. The van der Waals surface area contributed by atoms with E-state index in [1.165, 1.54) is 11.1 Å². The fourth-order valence-corrected chi connectivity index (χ4v) is 1.84. The van der Waals surface area contributed by atoms with Crippen LogP contribution in [0.3, 0.4) is 0 Å². The van der Waals surface area contributed by atoms with Gasteiger partial charge in [-0.1, -0.05) is 25.5 Å². The highest BCUT2D eigenvalue weighted by atomic mass is 16.5. The largest absolute Gasteiger partial charge is 0.496 e. The second-order valence-corrected chi connectivity index (χ2v) is 4.03. The van der Waals surface area contributed by atoms with Gasteiger partial charge in [0.2, 0.25) is 0 Å². The molecule has 0 fully saturated rings. The number of rotatable bonds is 4. The Morgan fingerprint density at radius 1 is 1.33 bits per heavy atom. The van der Waals surface area contributed by atoms with E-state index in [9.17, 15) is 0 Å². The summed E-state index contributed by atoms with van der Waals surface area (Å²) < 4.78 is 5.44. The van der Waals surface area contributed by atoms with E-state index in [1.54, 1.807) is 7.11 Å². The normalized spacial score (nSPS) is 12.6. The molecule has 1 aromatic rings. The molecule has 1 atom stereocenters. The van der Waals surface area contributed by atoms with Crippen LogP contribution in [0.2, 0.25) is 0 Å². The summed E-state index contributed by atoms with van der Waals surface area (Å²) in [4.78, 5) is 0. The van der Waals surface area contributed by atoms with Crippen LogP contribution in [0.15, 0.2) is 12.1 Å². The van der Waals surface area contributed by atoms with E-state index in [1.807, 2.05) is 0 Å². The minimum atomic E-state index is 0.0873. The first-order chi connectivity index (χ1) is 7.11. The predicted molar refractivity (Wildman–Crippen MR) is 64.3 cm³/mol. The fraction of sp³-hybridized carbons (Fsp3) is 0.538. The standard InChI is InChI=1S/C13H21NO/c1-5-6-12(14)11-8-7-9(2)10(3)13(11)15-4/h7-8,12H,5-6,14H2,1-4H3. The van der Waals surface area contributed by atoms with E-state index >= 15 is 0 Å². The minimum Gasteiger partial charge on any atom is -0.496 e. The SMILES string of the molecule is CCCC(N)c1ccc(C)c(C)c1OC. The van der Waals surface area contributed by atoms with Crippen molar-refractivity contribution in [1.82, 2.24) is 0 Å².